The number of carbonyl (C=O) groups is 6. The highest BCUT2D eigenvalue weighted by Crippen LogP contribution is 2.41. The van der Waals surface area contributed by atoms with Crippen LogP contribution in [0.2, 0.25) is 10.0 Å². The van der Waals surface area contributed by atoms with Gasteiger partial charge in [-0.05, 0) is 42.7 Å². The number of aromatic hydroxyl groups is 3. The Morgan fingerprint density at radius 2 is 1.60 bits per heavy atom. The lowest BCUT2D eigenvalue weighted by Gasteiger charge is -2.34. The normalized spacial score (nSPS) is 15.9. The van der Waals surface area contributed by atoms with Crippen molar-refractivity contribution in [2.75, 3.05) is 26.2 Å². The molecule has 0 radical (unpaired) electrons. The van der Waals surface area contributed by atoms with Gasteiger partial charge in [0.05, 0.1) is 21.5 Å². The van der Waals surface area contributed by atoms with Crippen molar-refractivity contribution in [3.05, 3.63) is 80.1 Å². The van der Waals surface area contributed by atoms with Gasteiger partial charge in [-0.3, -0.25) is 24.1 Å². The molecule has 1 fully saturated rings. The van der Waals surface area contributed by atoms with Gasteiger partial charge in [0, 0.05) is 31.7 Å². The lowest BCUT2D eigenvalue weighted by atomic mass is 9.72. The lowest BCUT2D eigenvalue weighted by Crippen LogP contribution is -2.60. The summed E-state index contributed by atoms with van der Waals surface area (Å²) in [5.74, 6) is -15.1. The summed E-state index contributed by atoms with van der Waals surface area (Å²) in [5, 5.41) is 55.1. The Bertz CT molecular complexity index is 2130. The zero-order valence-electron chi connectivity index (χ0n) is 27.7. The van der Waals surface area contributed by atoms with Crippen LogP contribution in [0.3, 0.4) is 0 Å². The van der Waals surface area contributed by atoms with E-state index in [4.69, 9.17) is 27.9 Å². The van der Waals surface area contributed by atoms with Crippen LogP contribution < -0.4 is 20.6 Å². The molecule has 8 N–H and O–H groups in total. The Kier molecular flexibility index (Phi) is 11.9. The summed E-state index contributed by atoms with van der Waals surface area (Å²) in [7, 11) is -2.00. The second-order valence-corrected chi connectivity index (χ2v) is 12.8. The zero-order chi connectivity index (χ0) is 40.5. The first-order valence-electron chi connectivity index (χ1n) is 15.9. The number of aromatic carboxylic acids is 1. The molecular formula is C32H27BCl2F3N5O12. The summed E-state index contributed by atoms with van der Waals surface area (Å²) >= 11 is 11.9. The van der Waals surface area contributed by atoms with Gasteiger partial charge in [0.1, 0.15) is 34.7 Å². The molecule has 2 aliphatic rings. The third-order valence-corrected chi connectivity index (χ3v) is 9.31. The van der Waals surface area contributed by atoms with Crippen molar-refractivity contribution in [3.63, 3.8) is 0 Å². The molecule has 6 amide bonds. The van der Waals surface area contributed by atoms with Gasteiger partial charge < -0.3 is 51.0 Å². The number of hydrogen-bond donors (Lipinski definition) is 8. The van der Waals surface area contributed by atoms with Crippen molar-refractivity contribution >= 4 is 65.9 Å². The van der Waals surface area contributed by atoms with Gasteiger partial charge in [-0.25, -0.2) is 22.8 Å². The van der Waals surface area contributed by atoms with Crippen LogP contribution >= 0.6 is 23.2 Å². The quantitative estimate of drug-likeness (QED) is 0.0629. The Morgan fingerprint density at radius 3 is 2.29 bits per heavy atom. The Labute approximate surface area is 317 Å². The Balaban J connectivity index is 1.28. The second kappa shape index (κ2) is 16.2. The van der Waals surface area contributed by atoms with Gasteiger partial charge in [0.15, 0.2) is 17.3 Å². The molecule has 0 aromatic heterocycles. The minimum absolute atomic E-state index is 0.0411. The summed E-state index contributed by atoms with van der Waals surface area (Å²) < 4.78 is 48.1. The molecule has 1 saturated heterocycles. The van der Waals surface area contributed by atoms with Gasteiger partial charge in [-0.2, -0.15) is 0 Å². The summed E-state index contributed by atoms with van der Waals surface area (Å²) in [4.78, 5) is 78.5. The third kappa shape index (κ3) is 8.13. The van der Waals surface area contributed by atoms with Crippen molar-refractivity contribution in [2.24, 2.45) is 0 Å². The number of phenols is 3. The standard InChI is InChI=1S/C32H27BCl2F3N5O12/c34-21-13(11-16(38)24(45)25(21)46)23(28(48)40-18-10-12-2-3-15(37)20(31(51)52)26(12)55-33(18)54)41-32(53)43-9-8-42(29(49)30(43)50)7-1-6-39-27(47)19-14(36)4-5-17(44)22(19)35/h2-5,11,18,23,44-46,54H,1,6-10H2,(H,39,47)(H,40,48)(H,41,53)(H,51,52)/t18-,23?/m0/s1. The van der Waals surface area contributed by atoms with E-state index in [-0.39, 0.29) is 38.0 Å². The number of carbonyl (C=O) groups excluding carboxylic acids is 5. The molecule has 3 aromatic carbocycles. The SMILES string of the molecule is O=C(NCCCN1CCN(C(=O)NC(C(=O)N[C@H]2Cc3ccc(F)c(C(=O)O)c3OB2O)c2cc(F)c(O)c(O)c2Cl)C(=O)C1=O)c1c(F)ccc(O)c1Cl. The van der Waals surface area contributed by atoms with Crippen LogP contribution in [0.1, 0.15) is 44.3 Å². The van der Waals surface area contributed by atoms with Crippen LogP contribution in [0.15, 0.2) is 30.3 Å². The molecule has 23 heteroatoms. The number of carboxylic acid groups (broad SMARTS) is 1. The van der Waals surface area contributed by atoms with Crippen LogP contribution in [-0.2, 0) is 20.8 Å². The molecule has 5 rings (SSSR count). The first-order valence-corrected chi connectivity index (χ1v) is 16.6. The first-order chi connectivity index (χ1) is 25.9. The number of nitrogens with zero attached hydrogens (tertiary/aromatic N) is 2. The average Bonchev–Trinajstić information content (AvgIpc) is 3.13. The van der Waals surface area contributed by atoms with Gasteiger partial charge in [0.25, 0.3) is 5.91 Å². The molecule has 3 aromatic rings. The maximum atomic E-state index is 14.6. The van der Waals surface area contributed by atoms with Crippen molar-refractivity contribution in [1.29, 1.82) is 0 Å². The fraction of sp³-hybridized carbons (Fsp3) is 0.250. The molecule has 2 heterocycles. The van der Waals surface area contributed by atoms with Crippen LogP contribution in [0.5, 0.6) is 23.0 Å². The van der Waals surface area contributed by atoms with Crippen LogP contribution in [-0.4, -0.2) is 110 Å². The number of benzene rings is 3. The Morgan fingerprint density at radius 1 is 0.927 bits per heavy atom. The maximum absolute atomic E-state index is 14.6. The van der Waals surface area contributed by atoms with E-state index in [0.717, 1.165) is 29.2 Å². The molecule has 2 aliphatic heterocycles. The fourth-order valence-corrected chi connectivity index (χ4v) is 6.23. The third-order valence-electron chi connectivity index (χ3n) is 8.53. The van der Waals surface area contributed by atoms with Crippen molar-refractivity contribution in [3.8, 4) is 23.0 Å². The van der Waals surface area contributed by atoms with E-state index < -0.39 is 128 Å². The minimum Gasteiger partial charge on any atom is -0.534 e. The summed E-state index contributed by atoms with van der Waals surface area (Å²) in [6, 6.07) is 0.754. The number of phenolic OH excluding ortho intramolecular Hbond substituents is 3. The van der Waals surface area contributed by atoms with E-state index in [1.807, 2.05) is 0 Å². The summed E-state index contributed by atoms with van der Waals surface area (Å²) in [6.45, 7) is -0.948. The Hall–Kier alpha value is -5.93. The second-order valence-electron chi connectivity index (χ2n) is 12.0. The van der Waals surface area contributed by atoms with E-state index in [9.17, 15) is 67.4 Å². The van der Waals surface area contributed by atoms with Crippen molar-refractivity contribution in [2.45, 2.75) is 24.8 Å². The number of halogens is 5. The first kappa shape index (κ1) is 40.3. The topological polar surface area (TPSA) is 255 Å². The van der Waals surface area contributed by atoms with Gasteiger partial charge in [0.2, 0.25) is 5.91 Å². The number of piperazine rings is 1. The number of nitrogens with one attached hydrogen (secondary N) is 3. The van der Waals surface area contributed by atoms with E-state index in [0.29, 0.717) is 11.0 Å². The minimum atomic E-state index is -2.10. The molecule has 55 heavy (non-hydrogen) atoms. The van der Waals surface area contributed by atoms with E-state index in [2.05, 4.69) is 16.0 Å². The van der Waals surface area contributed by atoms with E-state index in [1.54, 1.807) is 0 Å². The number of imide groups is 1. The summed E-state index contributed by atoms with van der Waals surface area (Å²) in [6.07, 6.45) is -0.315. The molecule has 2 atom stereocenters. The zero-order valence-corrected chi connectivity index (χ0v) is 29.3. The van der Waals surface area contributed by atoms with E-state index in [1.165, 1.54) is 0 Å². The number of amides is 6. The molecule has 0 aliphatic carbocycles. The highest BCUT2D eigenvalue weighted by Gasteiger charge is 2.42. The summed E-state index contributed by atoms with van der Waals surface area (Å²) in [5.41, 5.74) is -2.11. The predicted molar refractivity (Wildman–Crippen MR) is 182 cm³/mol. The van der Waals surface area contributed by atoms with Gasteiger partial charge in [-0.1, -0.05) is 29.3 Å². The molecule has 1 unspecified atom stereocenters. The predicted octanol–water partition coefficient (Wildman–Crippen LogP) is 1.61. The van der Waals surface area contributed by atoms with E-state index >= 15 is 0 Å². The number of urea groups is 1. The fourth-order valence-electron chi connectivity index (χ4n) is 5.73. The lowest BCUT2D eigenvalue weighted by molar-refractivity contribution is -0.153. The number of carboxylic acids is 1. The highest BCUT2D eigenvalue weighted by atomic mass is 35.5. The van der Waals surface area contributed by atoms with Gasteiger partial charge >= 0.3 is 30.9 Å². The molecule has 0 saturated carbocycles. The monoisotopic (exact) mass is 811 g/mol. The van der Waals surface area contributed by atoms with Crippen LogP contribution in [0, 0.1) is 17.5 Å². The van der Waals surface area contributed by atoms with Crippen LogP contribution in [0.25, 0.3) is 0 Å². The highest BCUT2D eigenvalue weighted by molar-refractivity contribution is 6.47. The maximum Gasteiger partial charge on any atom is 0.547 e. The number of hydrogen-bond acceptors (Lipinski definition) is 11. The molecule has 0 bridgehead atoms. The molecule has 17 nitrogen and oxygen atoms in total. The molecular weight excluding hydrogens is 785 g/mol. The van der Waals surface area contributed by atoms with Crippen molar-refractivity contribution < 1.29 is 72.0 Å². The van der Waals surface area contributed by atoms with Gasteiger partial charge in [-0.15, -0.1) is 0 Å². The largest absolute Gasteiger partial charge is 0.547 e. The molecule has 290 valence electrons. The average molecular weight is 812 g/mol. The van der Waals surface area contributed by atoms with Crippen molar-refractivity contribution in [1.82, 2.24) is 25.8 Å². The number of rotatable bonds is 10. The smallest absolute Gasteiger partial charge is 0.534 e. The number of fused-ring (bicyclic) bond motifs is 1. The van der Waals surface area contributed by atoms with Crippen LogP contribution in [0.4, 0.5) is 18.0 Å². The molecule has 0 spiro atoms.